The molecule has 0 saturated heterocycles. The molecule has 0 bridgehead atoms. The molecule has 224 valence electrons. The SMILES string of the molecule is CN(C)CC/C=C1/c2ccccc2CSc2ccccc21.CN(C)CC/C=C1/c2ccccc2CSc2ccccc21.Cl. The van der Waals surface area contributed by atoms with Crippen LogP contribution in [-0.4, -0.2) is 51.1 Å². The normalized spacial score (nSPS) is 15.3. The van der Waals surface area contributed by atoms with Crippen molar-refractivity contribution in [3.05, 3.63) is 143 Å². The van der Waals surface area contributed by atoms with E-state index in [-0.39, 0.29) is 12.4 Å². The Morgan fingerprint density at radius 3 is 1.26 bits per heavy atom. The quantitative estimate of drug-likeness (QED) is 0.210. The van der Waals surface area contributed by atoms with E-state index in [1.807, 2.05) is 23.5 Å². The average molecular weight is 627 g/mol. The molecule has 0 amide bonds. The van der Waals surface area contributed by atoms with Gasteiger partial charge in [-0.1, -0.05) is 97.1 Å². The lowest BCUT2D eigenvalue weighted by Crippen LogP contribution is -2.12. The van der Waals surface area contributed by atoms with Gasteiger partial charge in [-0.05, 0) is 97.7 Å². The lowest BCUT2D eigenvalue weighted by Gasteiger charge is -2.12. The highest BCUT2D eigenvalue weighted by Crippen LogP contribution is 2.41. The van der Waals surface area contributed by atoms with Crippen LogP contribution in [-0.2, 0) is 11.5 Å². The van der Waals surface area contributed by atoms with Crippen molar-refractivity contribution in [1.29, 1.82) is 0 Å². The molecule has 6 rings (SSSR count). The zero-order valence-electron chi connectivity index (χ0n) is 25.8. The van der Waals surface area contributed by atoms with Gasteiger partial charge in [0.15, 0.2) is 0 Å². The summed E-state index contributed by atoms with van der Waals surface area (Å²) in [5.41, 5.74) is 11.2. The first-order valence-corrected chi connectivity index (χ1v) is 16.8. The van der Waals surface area contributed by atoms with Gasteiger partial charge in [-0.3, -0.25) is 0 Å². The van der Waals surface area contributed by atoms with Crippen LogP contribution in [0.1, 0.15) is 46.2 Å². The van der Waals surface area contributed by atoms with Crippen molar-refractivity contribution in [1.82, 2.24) is 9.80 Å². The van der Waals surface area contributed by atoms with Crippen LogP contribution in [0.4, 0.5) is 0 Å². The summed E-state index contributed by atoms with van der Waals surface area (Å²) in [6.45, 7) is 2.17. The van der Waals surface area contributed by atoms with Crippen LogP contribution in [0.5, 0.6) is 0 Å². The minimum Gasteiger partial charge on any atom is -0.309 e. The number of rotatable bonds is 6. The van der Waals surface area contributed by atoms with Crippen molar-refractivity contribution in [2.24, 2.45) is 0 Å². The molecular weight excluding hydrogens is 584 g/mol. The molecule has 0 aromatic heterocycles. The van der Waals surface area contributed by atoms with Gasteiger partial charge in [0.1, 0.15) is 0 Å². The van der Waals surface area contributed by atoms with Gasteiger partial charge in [0.2, 0.25) is 0 Å². The number of halogens is 1. The van der Waals surface area contributed by atoms with Crippen LogP contribution in [0.3, 0.4) is 0 Å². The third-order valence-electron chi connectivity index (χ3n) is 7.59. The highest BCUT2D eigenvalue weighted by Gasteiger charge is 2.18. The van der Waals surface area contributed by atoms with Gasteiger partial charge in [0.25, 0.3) is 0 Å². The van der Waals surface area contributed by atoms with E-state index in [2.05, 4.69) is 147 Å². The Balaban J connectivity index is 0.000000192. The monoisotopic (exact) mass is 626 g/mol. The molecule has 0 spiro atoms. The fraction of sp³-hybridized carbons (Fsp3) is 0.263. The van der Waals surface area contributed by atoms with Crippen LogP contribution >= 0.6 is 35.9 Å². The van der Waals surface area contributed by atoms with E-state index in [9.17, 15) is 0 Å². The van der Waals surface area contributed by atoms with Gasteiger partial charge in [0.05, 0.1) is 0 Å². The third-order valence-corrected chi connectivity index (χ3v) is 9.83. The van der Waals surface area contributed by atoms with E-state index in [0.29, 0.717) is 0 Å². The number of fused-ring (bicyclic) bond motifs is 4. The molecule has 0 atom stereocenters. The Kier molecular flexibility index (Phi) is 12.6. The first-order valence-electron chi connectivity index (χ1n) is 14.8. The van der Waals surface area contributed by atoms with E-state index in [1.165, 1.54) is 54.3 Å². The smallest absolute Gasteiger partial charge is 0.0238 e. The van der Waals surface area contributed by atoms with E-state index in [0.717, 1.165) is 37.4 Å². The maximum atomic E-state index is 2.41. The minimum atomic E-state index is 0. The molecule has 0 radical (unpaired) electrons. The van der Waals surface area contributed by atoms with Crippen LogP contribution in [0.25, 0.3) is 11.1 Å². The van der Waals surface area contributed by atoms with Crippen molar-refractivity contribution in [3.8, 4) is 0 Å². The fourth-order valence-electron chi connectivity index (χ4n) is 5.42. The number of benzene rings is 4. The summed E-state index contributed by atoms with van der Waals surface area (Å²) < 4.78 is 0. The fourth-order valence-corrected chi connectivity index (χ4v) is 7.57. The summed E-state index contributed by atoms with van der Waals surface area (Å²) >= 11 is 3.89. The van der Waals surface area contributed by atoms with Crippen LogP contribution < -0.4 is 0 Å². The Hall–Kier alpha value is -2.73. The molecule has 5 heteroatoms. The molecule has 0 N–H and O–H groups in total. The summed E-state index contributed by atoms with van der Waals surface area (Å²) in [5.74, 6) is 2.11. The second-order valence-corrected chi connectivity index (χ2v) is 13.3. The summed E-state index contributed by atoms with van der Waals surface area (Å²) in [6, 6.07) is 35.2. The summed E-state index contributed by atoms with van der Waals surface area (Å²) in [5, 5.41) is 0. The molecule has 2 aliphatic rings. The van der Waals surface area contributed by atoms with Crippen LogP contribution in [0.2, 0.25) is 0 Å². The van der Waals surface area contributed by atoms with E-state index in [1.54, 1.807) is 0 Å². The van der Waals surface area contributed by atoms with E-state index in [4.69, 9.17) is 0 Å². The number of hydrogen-bond donors (Lipinski definition) is 0. The molecule has 2 nitrogen and oxygen atoms in total. The summed E-state index contributed by atoms with van der Waals surface area (Å²) in [6.07, 6.45) is 6.97. The molecule has 4 aromatic carbocycles. The molecule has 0 fully saturated rings. The van der Waals surface area contributed by atoms with Gasteiger partial charge >= 0.3 is 0 Å². The predicted octanol–water partition coefficient (Wildman–Crippen LogP) is 9.77. The lowest BCUT2D eigenvalue weighted by molar-refractivity contribution is 0.417. The second-order valence-electron chi connectivity index (χ2n) is 11.3. The first-order chi connectivity index (χ1) is 20.5. The zero-order chi connectivity index (χ0) is 29.3. The molecule has 43 heavy (non-hydrogen) atoms. The topological polar surface area (TPSA) is 6.48 Å². The molecule has 4 aromatic rings. The van der Waals surface area contributed by atoms with Crippen molar-refractivity contribution in [2.45, 2.75) is 34.1 Å². The maximum Gasteiger partial charge on any atom is 0.0238 e. The van der Waals surface area contributed by atoms with Gasteiger partial charge in [-0.25, -0.2) is 0 Å². The molecule has 0 unspecified atom stereocenters. The minimum absolute atomic E-state index is 0. The first kappa shape index (κ1) is 33.2. The highest BCUT2D eigenvalue weighted by molar-refractivity contribution is 7.98. The predicted molar refractivity (Wildman–Crippen MR) is 193 cm³/mol. The van der Waals surface area contributed by atoms with Gasteiger partial charge < -0.3 is 9.80 Å². The Morgan fingerprint density at radius 2 is 0.860 bits per heavy atom. The van der Waals surface area contributed by atoms with Gasteiger partial charge in [-0.15, -0.1) is 35.9 Å². The van der Waals surface area contributed by atoms with E-state index >= 15 is 0 Å². The highest BCUT2D eigenvalue weighted by atomic mass is 35.5. The van der Waals surface area contributed by atoms with Gasteiger partial charge in [-0.2, -0.15) is 0 Å². The summed E-state index contributed by atoms with van der Waals surface area (Å²) in [4.78, 5) is 7.26. The van der Waals surface area contributed by atoms with Gasteiger partial charge in [0, 0.05) is 34.4 Å². The van der Waals surface area contributed by atoms with E-state index < -0.39 is 0 Å². The summed E-state index contributed by atoms with van der Waals surface area (Å²) in [7, 11) is 8.51. The largest absolute Gasteiger partial charge is 0.309 e. The molecule has 0 saturated carbocycles. The number of thioether (sulfide) groups is 2. The number of nitrogens with zero attached hydrogens (tertiary/aromatic N) is 2. The molecule has 2 heterocycles. The standard InChI is InChI=1S/2C19H21NS.ClH/c2*1-20(2)13-7-11-17-16-9-4-3-8-15(16)14-21-19-12-6-5-10-18(17)19;/h2*3-6,8-12H,7,13-14H2,1-2H3;1H/b2*17-11-;. The second kappa shape index (κ2) is 16.4. The van der Waals surface area contributed by atoms with Crippen molar-refractivity contribution in [3.63, 3.8) is 0 Å². The lowest BCUT2D eigenvalue weighted by atomic mass is 9.93. The maximum absolute atomic E-state index is 2.41. The van der Waals surface area contributed by atoms with Crippen molar-refractivity contribution < 1.29 is 0 Å². The van der Waals surface area contributed by atoms with Crippen molar-refractivity contribution in [2.75, 3.05) is 41.3 Å². The Bertz CT molecular complexity index is 1340. The van der Waals surface area contributed by atoms with Crippen LogP contribution in [0, 0.1) is 0 Å². The third kappa shape index (κ3) is 8.68. The average Bonchev–Trinajstić information content (AvgIpc) is 3.26. The Morgan fingerprint density at radius 1 is 0.512 bits per heavy atom. The van der Waals surface area contributed by atoms with Crippen LogP contribution in [0.15, 0.2) is 119 Å². The molecular formula is C38H43ClN2S2. The number of hydrogen-bond acceptors (Lipinski definition) is 4. The zero-order valence-corrected chi connectivity index (χ0v) is 28.2. The van der Waals surface area contributed by atoms with Crippen molar-refractivity contribution >= 4 is 47.1 Å². The Labute approximate surface area is 273 Å². The molecule has 0 aliphatic carbocycles. The molecule has 2 aliphatic heterocycles.